The summed E-state index contributed by atoms with van der Waals surface area (Å²) in [5.74, 6) is 0.0665. The van der Waals surface area contributed by atoms with E-state index in [2.05, 4.69) is 10.6 Å². The molecule has 0 aromatic carbocycles. The lowest BCUT2D eigenvalue weighted by molar-refractivity contribution is -0.131. The van der Waals surface area contributed by atoms with E-state index in [4.69, 9.17) is 0 Å². The number of hydrogen-bond donors (Lipinski definition) is 3. The van der Waals surface area contributed by atoms with Crippen LogP contribution in [0.15, 0.2) is 0 Å². The zero-order valence-electron chi connectivity index (χ0n) is 13.5. The summed E-state index contributed by atoms with van der Waals surface area (Å²) in [7, 11) is 0. The molecule has 122 valence electrons. The molecule has 2 amide bonds. The van der Waals surface area contributed by atoms with Crippen LogP contribution >= 0.6 is 0 Å². The van der Waals surface area contributed by atoms with Gasteiger partial charge in [0.1, 0.15) is 6.04 Å². The number of carbonyl (C=O) groups is 2. The molecule has 1 aliphatic rings. The van der Waals surface area contributed by atoms with Crippen molar-refractivity contribution in [1.29, 1.82) is 0 Å². The Labute approximate surface area is 127 Å². The van der Waals surface area contributed by atoms with Crippen molar-refractivity contribution in [2.45, 2.75) is 71.4 Å². The first kappa shape index (κ1) is 18.0. The maximum absolute atomic E-state index is 12.1. The van der Waals surface area contributed by atoms with Crippen LogP contribution in [0.5, 0.6) is 0 Å². The zero-order chi connectivity index (χ0) is 15.8. The van der Waals surface area contributed by atoms with Gasteiger partial charge in [0.2, 0.25) is 11.8 Å². The molecule has 0 spiro atoms. The van der Waals surface area contributed by atoms with Gasteiger partial charge in [0.15, 0.2) is 0 Å². The summed E-state index contributed by atoms with van der Waals surface area (Å²) >= 11 is 0. The third kappa shape index (κ3) is 6.46. The van der Waals surface area contributed by atoms with Gasteiger partial charge in [-0.2, -0.15) is 0 Å². The Morgan fingerprint density at radius 1 is 1.14 bits per heavy atom. The predicted molar refractivity (Wildman–Crippen MR) is 82.7 cm³/mol. The number of aliphatic hydroxyl groups is 1. The Bertz CT molecular complexity index is 338. The highest BCUT2D eigenvalue weighted by molar-refractivity contribution is 5.88. The molecule has 0 aromatic rings. The maximum atomic E-state index is 12.1. The minimum atomic E-state index is -0.518. The number of rotatable bonds is 7. The Morgan fingerprint density at radius 2 is 1.76 bits per heavy atom. The van der Waals surface area contributed by atoms with Crippen molar-refractivity contribution in [2.75, 3.05) is 6.54 Å². The van der Waals surface area contributed by atoms with Crippen molar-refractivity contribution in [2.24, 2.45) is 11.8 Å². The zero-order valence-corrected chi connectivity index (χ0v) is 13.5. The van der Waals surface area contributed by atoms with Crippen LogP contribution in [0.3, 0.4) is 0 Å². The third-order valence-corrected chi connectivity index (χ3v) is 4.24. The van der Waals surface area contributed by atoms with E-state index in [-0.39, 0.29) is 23.7 Å². The smallest absolute Gasteiger partial charge is 0.242 e. The van der Waals surface area contributed by atoms with Crippen molar-refractivity contribution >= 4 is 11.8 Å². The molecular weight excluding hydrogens is 268 g/mol. The van der Waals surface area contributed by atoms with Gasteiger partial charge in [0, 0.05) is 12.5 Å². The fourth-order valence-corrected chi connectivity index (χ4v) is 2.59. The highest BCUT2D eigenvalue weighted by Crippen LogP contribution is 2.23. The van der Waals surface area contributed by atoms with Gasteiger partial charge in [-0.25, -0.2) is 0 Å². The Hall–Kier alpha value is -1.10. The molecule has 1 aliphatic carbocycles. The molecule has 2 unspecified atom stereocenters. The molecule has 0 aromatic heterocycles. The molecule has 0 saturated heterocycles. The SMILES string of the molecule is CC(NC(=O)C1CCCCC1)C(=O)NCCC(O)C(C)C. The Balaban J connectivity index is 2.25. The van der Waals surface area contributed by atoms with Crippen LogP contribution in [0.25, 0.3) is 0 Å². The first-order valence-corrected chi connectivity index (χ1v) is 8.18. The van der Waals surface area contributed by atoms with Gasteiger partial charge >= 0.3 is 0 Å². The summed E-state index contributed by atoms with van der Waals surface area (Å²) in [5, 5.41) is 15.2. The van der Waals surface area contributed by atoms with E-state index in [0.29, 0.717) is 13.0 Å². The third-order valence-electron chi connectivity index (χ3n) is 4.24. The number of hydrogen-bond acceptors (Lipinski definition) is 3. The molecule has 2 atom stereocenters. The number of carbonyl (C=O) groups excluding carboxylic acids is 2. The van der Waals surface area contributed by atoms with Gasteiger partial charge in [0.25, 0.3) is 0 Å². The van der Waals surface area contributed by atoms with Crippen molar-refractivity contribution in [1.82, 2.24) is 10.6 Å². The van der Waals surface area contributed by atoms with E-state index < -0.39 is 12.1 Å². The number of amides is 2. The quantitative estimate of drug-likeness (QED) is 0.668. The minimum Gasteiger partial charge on any atom is -0.393 e. The second-order valence-electron chi connectivity index (χ2n) is 6.46. The van der Waals surface area contributed by atoms with Crippen molar-refractivity contribution < 1.29 is 14.7 Å². The molecule has 1 rings (SSSR count). The van der Waals surface area contributed by atoms with E-state index in [1.807, 2.05) is 13.8 Å². The Kier molecular flexibility index (Phi) is 7.72. The fourth-order valence-electron chi connectivity index (χ4n) is 2.59. The summed E-state index contributed by atoms with van der Waals surface area (Å²) in [4.78, 5) is 24.0. The molecule has 3 N–H and O–H groups in total. The van der Waals surface area contributed by atoms with E-state index in [1.54, 1.807) is 6.92 Å². The van der Waals surface area contributed by atoms with Gasteiger partial charge < -0.3 is 15.7 Å². The largest absolute Gasteiger partial charge is 0.393 e. The molecule has 0 radical (unpaired) electrons. The fraction of sp³-hybridized carbons (Fsp3) is 0.875. The lowest BCUT2D eigenvalue weighted by atomic mass is 9.88. The molecule has 5 heteroatoms. The summed E-state index contributed by atoms with van der Waals surface area (Å²) in [6, 6.07) is -0.518. The normalized spacial score (nSPS) is 19.1. The first-order chi connectivity index (χ1) is 9.91. The van der Waals surface area contributed by atoms with E-state index in [9.17, 15) is 14.7 Å². The Morgan fingerprint density at radius 3 is 2.33 bits per heavy atom. The number of nitrogens with one attached hydrogen (secondary N) is 2. The lowest BCUT2D eigenvalue weighted by Gasteiger charge is -2.23. The number of aliphatic hydroxyl groups excluding tert-OH is 1. The van der Waals surface area contributed by atoms with Crippen LogP contribution in [0.2, 0.25) is 0 Å². The molecule has 0 bridgehead atoms. The van der Waals surface area contributed by atoms with Crippen LogP contribution in [0.1, 0.15) is 59.3 Å². The molecule has 0 aliphatic heterocycles. The molecule has 21 heavy (non-hydrogen) atoms. The van der Waals surface area contributed by atoms with Crippen molar-refractivity contribution in [3.63, 3.8) is 0 Å². The monoisotopic (exact) mass is 298 g/mol. The van der Waals surface area contributed by atoms with E-state index in [1.165, 1.54) is 6.42 Å². The minimum absolute atomic E-state index is 0.000403. The van der Waals surface area contributed by atoms with Gasteiger partial charge in [-0.1, -0.05) is 33.1 Å². The summed E-state index contributed by atoms with van der Waals surface area (Å²) in [5.41, 5.74) is 0. The summed E-state index contributed by atoms with van der Waals surface area (Å²) in [6.07, 6.45) is 5.40. The topological polar surface area (TPSA) is 78.4 Å². The van der Waals surface area contributed by atoms with Gasteiger partial charge in [-0.05, 0) is 32.1 Å². The second kappa shape index (κ2) is 9.03. The van der Waals surface area contributed by atoms with Crippen molar-refractivity contribution in [3.05, 3.63) is 0 Å². The van der Waals surface area contributed by atoms with Crippen LogP contribution in [0.4, 0.5) is 0 Å². The second-order valence-corrected chi connectivity index (χ2v) is 6.46. The van der Waals surface area contributed by atoms with Gasteiger partial charge in [-0.3, -0.25) is 9.59 Å². The van der Waals surface area contributed by atoms with E-state index >= 15 is 0 Å². The standard InChI is InChI=1S/C16H30N2O3/c1-11(2)14(19)9-10-17-15(20)12(3)18-16(21)13-7-5-4-6-8-13/h11-14,19H,4-10H2,1-3H3,(H,17,20)(H,18,21). The van der Waals surface area contributed by atoms with Crippen LogP contribution < -0.4 is 10.6 Å². The van der Waals surface area contributed by atoms with Crippen molar-refractivity contribution in [3.8, 4) is 0 Å². The average Bonchev–Trinajstić information content (AvgIpc) is 2.47. The highest BCUT2D eigenvalue weighted by Gasteiger charge is 2.24. The molecule has 5 nitrogen and oxygen atoms in total. The van der Waals surface area contributed by atoms with Crippen LogP contribution in [-0.4, -0.2) is 35.6 Å². The van der Waals surface area contributed by atoms with E-state index in [0.717, 1.165) is 25.7 Å². The molecule has 0 heterocycles. The lowest BCUT2D eigenvalue weighted by Crippen LogP contribution is -2.47. The maximum Gasteiger partial charge on any atom is 0.242 e. The predicted octanol–water partition coefficient (Wildman–Crippen LogP) is 1.59. The first-order valence-electron chi connectivity index (χ1n) is 8.18. The molecule has 1 saturated carbocycles. The van der Waals surface area contributed by atoms with Gasteiger partial charge in [-0.15, -0.1) is 0 Å². The summed E-state index contributed by atoms with van der Waals surface area (Å²) in [6.45, 7) is 6.02. The molecule has 1 fully saturated rings. The average molecular weight is 298 g/mol. The van der Waals surface area contributed by atoms with Crippen LogP contribution in [-0.2, 0) is 9.59 Å². The molecular formula is C16H30N2O3. The summed E-state index contributed by atoms with van der Waals surface area (Å²) < 4.78 is 0. The van der Waals surface area contributed by atoms with Gasteiger partial charge in [0.05, 0.1) is 6.10 Å². The van der Waals surface area contributed by atoms with Crippen LogP contribution in [0, 0.1) is 11.8 Å². The highest BCUT2D eigenvalue weighted by atomic mass is 16.3.